The van der Waals surface area contributed by atoms with E-state index >= 15 is 0 Å². The van der Waals surface area contributed by atoms with Crippen molar-refractivity contribution in [3.05, 3.63) is 28.8 Å². The second kappa shape index (κ2) is 6.10. The Labute approximate surface area is 142 Å². The highest BCUT2D eigenvalue weighted by Crippen LogP contribution is 2.34. The summed E-state index contributed by atoms with van der Waals surface area (Å²) in [4.78, 5) is 0. The molecule has 0 aliphatic carbocycles. The SMILES string of the molecule is C[C@]1(NC(=S)Nc2cc(C(F)(F)F)ccc2Cl)CCS(=O)(=O)C1. The summed E-state index contributed by atoms with van der Waals surface area (Å²) in [6, 6.07) is 2.84. The number of anilines is 1. The molecule has 1 aliphatic heterocycles. The van der Waals surface area contributed by atoms with Crippen LogP contribution in [0.5, 0.6) is 0 Å². The third-order valence-corrected chi connectivity index (χ3v) is 5.90. The lowest BCUT2D eigenvalue weighted by atomic mass is 10.0. The van der Waals surface area contributed by atoms with E-state index in [1.807, 2.05) is 0 Å². The minimum absolute atomic E-state index is 0.00319. The van der Waals surface area contributed by atoms with Gasteiger partial charge in [-0.05, 0) is 43.8 Å². The molecule has 4 nitrogen and oxygen atoms in total. The molecule has 10 heteroatoms. The van der Waals surface area contributed by atoms with Gasteiger partial charge in [0.25, 0.3) is 0 Å². The lowest BCUT2D eigenvalue weighted by molar-refractivity contribution is -0.137. The minimum Gasteiger partial charge on any atom is -0.356 e. The monoisotopic (exact) mass is 386 g/mol. The maximum absolute atomic E-state index is 12.7. The number of benzene rings is 1. The van der Waals surface area contributed by atoms with Gasteiger partial charge in [0.05, 0.1) is 33.3 Å². The molecule has 0 bridgehead atoms. The van der Waals surface area contributed by atoms with Crippen LogP contribution in [0.3, 0.4) is 0 Å². The van der Waals surface area contributed by atoms with Crippen molar-refractivity contribution in [1.82, 2.24) is 5.32 Å². The summed E-state index contributed by atoms with van der Waals surface area (Å²) < 4.78 is 61.3. The van der Waals surface area contributed by atoms with Crippen LogP contribution in [0.1, 0.15) is 18.9 Å². The van der Waals surface area contributed by atoms with Crippen LogP contribution in [0.2, 0.25) is 5.02 Å². The number of rotatable bonds is 2. The molecule has 0 spiro atoms. The van der Waals surface area contributed by atoms with E-state index < -0.39 is 27.1 Å². The van der Waals surface area contributed by atoms with Gasteiger partial charge < -0.3 is 10.6 Å². The molecule has 0 unspecified atom stereocenters. The Morgan fingerprint density at radius 1 is 1.39 bits per heavy atom. The number of hydrogen-bond acceptors (Lipinski definition) is 3. The summed E-state index contributed by atoms with van der Waals surface area (Å²) >= 11 is 10.9. The fourth-order valence-corrected chi connectivity index (χ4v) is 4.95. The Balaban J connectivity index is 2.12. The second-order valence-electron chi connectivity index (χ2n) is 5.67. The smallest absolute Gasteiger partial charge is 0.356 e. The first-order valence-electron chi connectivity index (χ1n) is 6.57. The third-order valence-electron chi connectivity index (χ3n) is 3.46. The zero-order valence-corrected chi connectivity index (χ0v) is 14.4. The van der Waals surface area contributed by atoms with Crippen LogP contribution in [0.4, 0.5) is 18.9 Å². The number of alkyl halides is 3. The van der Waals surface area contributed by atoms with Gasteiger partial charge in [-0.15, -0.1) is 0 Å². The maximum Gasteiger partial charge on any atom is 0.416 e. The molecule has 1 saturated heterocycles. The van der Waals surface area contributed by atoms with Crippen LogP contribution < -0.4 is 10.6 Å². The van der Waals surface area contributed by atoms with Gasteiger partial charge in [-0.1, -0.05) is 11.6 Å². The fraction of sp³-hybridized carbons (Fsp3) is 0.462. The summed E-state index contributed by atoms with van der Waals surface area (Å²) in [5.74, 6) is -0.0401. The standard InChI is InChI=1S/C13H14ClF3N2O2S2/c1-12(4-5-23(20,21)7-12)19-11(22)18-10-6-8(13(15,16)17)2-3-9(10)14/h2-3,6H,4-5,7H2,1H3,(H2,18,19,22)/t12-/m0/s1. The van der Waals surface area contributed by atoms with E-state index in [0.29, 0.717) is 6.42 Å². The molecular formula is C13H14ClF3N2O2S2. The van der Waals surface area contributed by atoms with Gasteiger partial charge in [-0.25, -0.2) is 8.42 Å². The lowest BCUT2D eigenvalue weighted by Gasteiger charge is -2.26. The zero-order valence-electron chi connectivity index (χ0n) is 12.0. The van der Waals surface area contributed by atoms with E-state index in [0.717, 1.165) is 18.2 Å². The summed E-state index contributed by atoms with van der Waals surface area (Å²) in [7, 11) is -3.13. The molecule has 1 heterocycles. The quantitative estimate of drug-likeness (QED) is 0.764. The first-order valence-corrected chi connectivity index (χ1v) is 9.17. The Bertz CT molecular complexity index is 737. The van der Waals surface area contributed by atoms with Crippen molar-refractivity contribution in [1.29, 1.82) is 0 Å². The molecule has 1 atom stereocenters. The first-order chi connectivity index (χ1) is 10.4. The highest BCUT2D eigenvalue weighted by atomic mass is 35.5. The second-order valence-corrected chi connectivity index (χ2v) is 8.67. The topological polar surface area (TPSA) is 58.2 Å². The van der Waals surface area contributed by atoms with E-state index in [4.69, 9.17) is 23.8 Å². The van der Waals surface area contributed by atoms with E-state index in [1.54, 1.807) is 6.92 Å². The molecule has 1 fully saturated rings. The summed E-state index contributed by atoms with van der Waals surface area (Å²) in [6.07, 6.45) is -4.13. The van der Waals surface area contributed by atoms with Gasteiger partial charge >= 0.3 is 6.18 Å². The van der Waals surface area contributed by atoms with Crippen molar-refractivity contribution in [2.24, 2.45) is 0 Å². The Hall–Kier alpha value is -1.06. The summed E-state index contributed by atoms with van der Waals surface area (Å²) in [5, 5.41) is 5.54. The number of sulfone groups is 1. The van der Waals surface area contributed by atoms with Crippen LogP contribution in [0.15, 0.2) is 18.2 Å². The van der Waals surface area contributed by atoms with Crippen LogP contribution in [-0.2, 0) is 16.0 Å². The van der Waals surface area contributed by atoms with Crippen LogP contribution in [0, 0.1) is 0 Å². The maximum atomic E-state index is 12.7. The summed E-state index contributed by atoms with van der Waals surface area (Å²) in [5.41, 5.74) is -1.61. The van der Waals surface area contributed by atoms with E-state index in [-0.39, 0.29) is 27.3 Å². The molecule has 0 aromatic heterocycles. The molecule has 1 aromatic rings. The first kappa shape index (κ1) is 18.3. The molecule has 0 amide bonds. The van der Waals surface area contributed by atoms with Crippen LogP contribution in [0.25, 0.3) is 0 Å². The van der Waals surface area contributed by atoms with Crippen molar-refractivity contribution in [3.63, 3.8) is 0 Å². The predicted molar refractivity (Wildman–Crippen MR) is 87.5 cm³/mol. The van der Waals surface area contributed by atoms with Gasteiger partial charge in [0.2, 0.25) is 0 Å². The molecule has 0 saturated carbocycles. The number of thiocarbonyl (C=S) groups is 1. The molecule has 0 radical (unpaired) electrons. The normalized spacial score (nSPS) is 23.5. The Morgan fingerprint density at radius 3 is 2.57 bits per heavy atom. The minimum atomic E-state index is -4.50. The molecular weight excluding hydrogens is 373 g/mol. The average molecular weight is 387 g/mol. The highest BCUT2D eigenvalue weighted by Gasteiger charge is 2.39. The molecule has 23 heavy (non-hydrogen) atoms. The van der Waals surface area contributed by atoms with Gasteiger partial charge in [-0.2, -0.15) is 13.2 Å². The van der Waals surface area contributed by atoms with Gasteiger partial charge in [-0.3, -0.25) is 0 Å². The Morgan fingerprint density at radius 2 is 2.04 bits per heavy atom. The Kier molecular flexibility index (Phi) is 4.85. The summed E-state index contributed by atoms with van der Waals surface area (Å²) in [6.45, 7) is 1.69. The zero-order chi connectivity index (χ0) is 17.5. The highest BCUT2D eigenvalue weighted by molar-refractivity contribution is 7.91. The molecule has 1 aliphatic rings. The van der Waals surface area contributed by atoms with Crippen molar-refractivity contribution in [2.45, 2.75) is 25.1 Å². The van der Waals surface area contributed by atoms with Crippen molar-refractivity contribution in [2.75, 3.05) is 16.8 Å². The van der Waals surface area contributed by atoms with E-state index in [2.05, 4.69) is 10.6 Å². The molecule has 128 valence electrons. The van der Waals surface area contributed by atoms with Crippen molar-refractivity contribution >= 4 is 44.5 Å². The third kappa shape index (κ3) is 4.71. The fourth-order valence-electron chi connectivity index (χ4n) is 2.33. The number of hydrogen-bond donors (Lipinski definition) is 2. The van der Waals surface area contributed by atoms with Crippen LogP contribution >= 0.6 is 23.8 Å². The number of halogens is 4. The van der Waals surface area contributed by atoms with Crippen molar-refractivity contribution in [3.8, 4) is 0 Å². The van der Waals surface area contributed by atoms with Gasteiger partial charge in [0, 0.05) is 0 Å². The average Bonchev–Trinajstić information content (AvgIpc) is 2.64. The van der Waals surface area contributed by atoms with E-state index in [1.165, 1.54) is 0 Å². The molecule has 2 rings (SSSR count). The van der Waals surface area contributed by atoms with Crippen molar-refractivity contribution < 1.29 is 21.6 Å². The predicted octanol–water partition coefficient (Wildman–Crippen LogP) is 3.22. The molecule has 2 N–H and O–H groups in total. The molecule has 1 aromatic carbocycles. The largest absolute Gasteiger partial charge is 0.416 e. The van der Waals surface area contributed by atoms with E-state index in [9.17, 15) is 21.6 Å². The lowest BCUT2D eigenvalue weighted by Crippen LogP contribution is -2.48. The van der Waals surface area contributed by atoms with Gasteiger partial charge in [0.1, 0.15) is 0 Å². The van der Waals surface area contributed by atoms with Crippen LogP contribution in [-0.4, -0.2) is 30.6 Å². The number of nitrogens with one attached hydrogen (secondary N) is 2. The van der Waals surface area contributed by atoms with Gasteiger partial charge in [0.15, 0.2) is 14.9 Å².